The molecule has 2 N–H and O–H groups in total. The fourth-order valence-electron chi connectivity index (χ4n) is 2.25. The maximum atomic E-state index is 6.15. The fourth-order valence-corrected chi connectivity index (χ4v) is 2.25. The summed E-state index contributed by atoms with van der Waals surface area (Å²) in [6.07, 6.45) is 5.33. The Bertz CT molecular complexity index is 354. The average molecular weight is 247 g/mol. The summed E-state index contributed by atoms with van der Waals surface area (Å²) in [4.78, 5) is 0. The molecule has 1 unspecified atom stereocenters. The highest BCUT2D eigenvalue weighted by molar-refractivity contribution is 5.25. The van der Waals surface area contributed by atoms with Crippen LogP contribution in [0.15, 0.2) is 24.3 Å². The molecule has 0 aromatic heterocycles. The van der Waals surface area contributed by atoms with Gasteiger partial charge in [0.2, 0.25) is 0 Å². The molecule has 1 aliphatic rings. The van der Waals surface area contributed by atoms with Gasteiger partial charge in [-0.2, -0.15) is 0 Å². The Morgan fingerprint density at radius 2 is 1.89 bits per heavy atom. The van der Waals surface area contributed by atoms with Gasteiger partial charge >= 0.3 is 0 Å². The van der Waals surface area contributed by atoms with E-state index in [1.807, 2.05) is 0 Å². The summed E-state index contributed by atoms with van der Waals surface area (Å²) in [6.45, 7) is 5.13. The molecule has 0 heterocycles. The zero-order valence-electron chi connectivity index (χ0n) is 11.6. The van der Waals surface area contributed by atoms with Crippen molar-refractivity contribution < 1.29 is 4.74 Å². The first-order valence-corrected chi connectivity index (χ1v) is 7.11. The van der Waals surface area contributed by atoms with Crippen LogP contribution < -0.4 is 5.73 Å². The molecule has 2 heteroatoms. The van der Waals surface area contributed by atoms with Gasteiger partial charge in [-0.15, -0.1) is 0 Å². The molecule has 1 atom stereocenters. The molecule has 2 nitrogen and oxygen atoms in total. The van der Waals surface area contributed by atoms with Crippen molar-refractivity contribution in [3.05, 3.63) is 35.4 Å². The van der Waals surface area contributed by atoms with Gasteiger partial charge in [0.1, 0.15) is 0 Å². The number of ether oxygens (including phenoxy) is 1. The van der Waals surface area contributed by atoms with E-state index in [1.165, 1.54) is 30.4 Å². The highest BCUT2D eigenvalue weighted by Crippen LogP contribution is 2.23. The predicted octanol–water partition coefficient (Wildman–Crippen LogP) is 3.45. The third kappa shape index (κ3) is 3.82. The van der Waals surface area contributed by atoms with Crippen molar-refractivity contribution in [3.8, 4) is 0 Å². The van der Waals surface area contributed by atoms with Crippen LogP contribution in [0.3, 0.4) is 0 Å². The van der Waals surface area contributed by atoms with Crippen molar-refractivity contribution in [2.45, 2.75) is 51.7 Å². The minimum atomic E-state index is 0.0127. The van der Waals surface area contributed by atoms with Gasteiger partial charge in [0, 0.05) is 0 Å². The van der Waals surface area contributed by atoms with E-state index < -0.39 is 0 Å². The molecule has 100 valence electrons. The van der Waals surface area contributed by atoms with Gasteiger partial charge in [-0.1, -0.05) is 38.1 Å². The first-order chi connectivity index (χ1) is 8.65. The summed E-state index contributed by atoms with van der Waals surface area (Å²) in [5.74, 6) is 0.700. The van der Waals surface area contributed by atoms with Gasteiger partial charge in [-0.25, -0.2) is 0 Å². The Labute approximate surface area is 111 Å². The minimum Gasteiger partial charge on any atom is -0.376 e. The van der Waals surface area contributed by atoms with E-state index in [-0.39, 0.29) is 6.04 Å². The molecule has 0 spiro atoms. The first-order valence-electron chi connectivity index (χ1n) is 7.11. The standard InChI is InChI=1S/C16H25NO/c1-12(2)10-13-6-8-14(9-7-13)16(17)11-18-15-4-3-5-15/h6-9,12,15-16H,3-5,10-11,17H2,1-2H3. The molecule has 2 rings (SSSR count). The lowest BCUT2D eigenvalue weighted by molar-refractivity contribution is -0.00445. The third-order valence-corrected chi connectivity index (χ3v) is 3.62. The fraction of sp³-hybridized carbons (Fsp3) is 0.625. The van der Waals surface area contributed by atoms with Crippen molar-refractivity contribution in [1.29, 1.82) is 0 Å². The number of nitrogens with two attached hydrogens (primary N) is 1. The van der Waals surface area contributed by atoms with Crippen LogP contribution in [0.4, 0.5) is 0 Å². The second-order valence-corrected chi connectivity index (χ2v) is 5.83. The van der Waals surface area contributed by atoms with E-state index >= 15 is 0 Å². The Morgan fingerprint density at radius 3 is 2.39 bits per heavy atom. The lowest BCUT2D eigenvalue weighted by atomic mass is 9.96. The maximum Gasteiger partial charge on any atom is 0.0663 e. The predicted molar refractivity (Wildman–Crippen MR) is 75.5 cm³/mol. The molecule has 1 fully saturated rings. The molecule has 1 aliphatic carbocycles. The van der Waals surface area contributed by atoms with Crippen molar-refractivity contribution in [2.24, 2.45) is 11.7 Å². The third-order valence-electron chi connectivity index (χ3n) is 3.62. The lowest BCUT2D eigenvalue weighted by Gasteiger charge is -2.27. The van der Waals surface area contributed by atoms with Gasteiger partial charge in [-0.05, 0) is 42.7 Å². The summed E-state index contributed by atoms with van der Waals surface area (Å²) in [6, 6.07) is 8.69. The molecule has 1 aromatic carbocycles. The molecule has 1 aromatic rings. The molecule has 0 aliphatic heterocycles. The number of hydrogen-bond acceptors (Lipinski definition) is 2. The Balaban J connectivity index is 1.83. The molecule has 0 bridgehead atoms. The van der Waals surface area contributed by atoms with Crippen LogP contribution in [0.2, 0.25) is 0 Å². The smallest absolute Gasteiger partial charge is 0.0663 e. The Kier molecular flexibility index (Phi) is 4.79. The Morgan fingerprint density at radius 1 is 1.22 bits per heavy atom. The number of hydrogen-bond donors (Lipinski definition) is 1. The molecule has 0 saturated heterocycles. The summed E-state index contributed by atoms with van der Waals surface area (Å²) < 4.78 is 5.76. The SMILES string of the molecule is CC(C)Cc1ccc(C(N)COC2CCC2)cc1. The van der Waals surface area contributed by atoms with Crippen molar-refractivity contribution in [3.63, 3.8) is 0 Å². The maximum absolute atomic E-state index is 6.15. The molecule has 0 amide bonds. The van der Waals surface area contributed by atoms with Crippen LogP contribution >= 0.6 is 0 Å². The number of rotatable bonds is 6. The molecular formula is C16H25NO. The van der Waals surface area contributed by atoms with Gasteiger partial charge in [0.25, 0.3) is 0 Å². The molecule has 1 saturated carbocycles. The highest BCUT2D eigenvalue weighted by Gasteiger charge is 2.19. The topological polar surface area (TPSA) is 35.2 Å². The summed E-state index contributed by atoms with van der Waals surface area (Å²) in [5.41, 5.74) is 8.72. The van der Waals surface area contributed by atoms with Crippen LogP contribution in [0.25, 0.3) is 0 Å². The highest BCUT2D eigenvalue weighted by atomic mass is 16.5. The summed E-state index contributed by atoms with van der Waals surface area (Å²) >= 11 is 0. The van der Waals surface area contributed by atoms with Crippen LogP contribution in [0.5, 0.6) is 0 Å². The zero-order chi connectivity index (χ0) is 13.0. The molecule has 18 heavy (non-hydrogen) atoms. The molecule has 0 radical (unpaired) electrons. The summed E-state index contributed by atoms with van der Waals surface area (Å²) in [5, 5.41) is 0. The van der Waals surface area contributed by atoms with E-state index in [2.05, 4.69) is 38.1 Å². The monoisotopic (exact) mass is 247 g/mol. The van der Waals surface area contributed by atoms with Gasteiger partial charge in [0.05, 0.1) is 18.8 Å². The lowest BCUT2D eigenvalue weighted by Crippen LogP contribution is -2.26. The van der Waals surface area contributed by atoms with E-state index in [1.54, 1.807) is 0 Å². The van der Waals surface area contributed by atoms with Crippen molar-refractivity contribution in [2.75, 3.05) is 6.61 Å². The normalized spacial score (nSPS) is 17.8. The van der Waals surface area contributed by atoms with E-state index in [0.717, 1.165) is 6.42 Å². The number of benzene rings is 1. The van der Waals surface area contributed by atoms with Gasteiger partial charge in [0.15, 0.2) is 0 Å². The van der Waals surface area contributed by atoms with Crippen LogP contribution in [-0.2, 0) is 11.2 Å². The second-order valence-electron chi connectivity index (χ2n) is 5.83. The minimum absolute atomic E-state index is 0.0127. The van der Waals surface area contributed by atoms with Gasteiger partial charge in [-0.3, -0.25) is 0 Å². The summed E-state index contributed by atoms with van der Waals surface area (Å²) in [7, 11) is 0. The quantitative estimate of drug-likeness (QED) is 0.835. The largest absolute Gasteiger partial charge is 0.376 e. The second kappa shape index (κ2) is 6.35. The van der Waals surface area contributed by atoms with Gasteiger partial charge < -0.3 is 10.5 Å². The average Bonchev–Trinajstić information content (AvgIpc) is 2.27. The van der Waals surface area contributed by atoms with E-state index in [9.17, 15) is 0 Å². The first kappa shape index (κ1) is 13.6. The van der Waals surface area contributed by atoms with E-state index in [0.29, 0.717) is 18.6 Å². The molecular weight excluding hydrogens is 222 g/mol. The van der Waals surface area contributed by atoms with Crippen LogP contribution in [0, 0.1) is 5.92 Å². The van der Waals surface area contributed by atoms with Crippen LogP contribution in [-0.4, -0.2) is 12.7 Å². The van der Waals surface area contributed by atoms with Crippen molar-refractivity contribution in [1.82, 2.24) is 0 Å². The zero-order valence-corrected chi connectivity index (χ0v) is 11.6. The van der Waals surface area contributed by atoms with Crippen molar-refractivity contribution >= 4 is 0 Å². The Hall–Kier alpha value is -0.860. The van der Waals surface area contributed by atoms with Crippen LogP contribution in [0.1, 0.15) is 50.3 Å². The van der Waals surface area contributed by atoms with E-state index in [4.69, 9.17) is 10.5 Å².